The summed E-state index contributed by atoms with van der Waals surface area (Å²) in [5, 5.41) is 9.62. The van der Waals surface area contributed by atoms with Crippen LogP contribution in [-0.2, 0) is 11.3 Å². The average Bonchev–Trinajstić information content (AvgIpc) is 2.68. The number of carboxylic acid groups (broad SMARTS) is 1. The van der Waals surface area contributed by atoms with E-state index >= 15 is 0 Å². The van der Waals surface area contributed by atoms with Crippen molar-refractivity contribution in [2.75, 3.05) is 5.75 Å². The van der Waals surface area contributed by atoms with Gasteiger partial charge in [-0.1, -0.05) is 18.2 Å². The first-order valence-electron chi connectivity index (χ1n) is 6.82. The van der Waals surface area contributed by atoms with Gasteiger partial charge in [-0.05, 0) is 37.8 Å². The summed E-state index contributed by atoms with van der Waals surface area (Å²) in [6, 6.07) is 3.90. The number of hydrogen-bond acceptors (Lipinski definition) is 4. The first kappa shape index (κ1) is 13.4. The number of hydrogen-bond donors (Lipinski definition) is 1. The van der Waals surface area contributed by atoms with Crippen molar-refractivity contribution in [3.05, 3.63) is 17.8 Å². The fourth-order valence-corrected chi connectivity index (χ4v) is 3.14. The van der Waals surface area contributed by atoms with Crippen LogP contribution < -0.4 is 0 Å². The lowest BCUT2D eigenvalue weighted by Gasteiger charge is -2.26. The van der Waals surface area contributed by atoms with Crippen molar-refractivity contribution in [1.82, 2.24) is 14.5 Å². The Labute approximate surface area is 121 Å². The molecule has 0 radical (unpaired) electrons. The Bertz CT molecular complexity index is 649. The molecule has 5 nitrogen and oxygen atoms in total. The summed E-state index contributed by atoms with van der Waals surface area (Å²) >= 11 is 1.28. The molecule has 0 atom stereocenters. The van der Waals surface area contributed by atoms with Gasteiger partial charge in [-0.3, -0.25) is 4.79 Å². The molecule has 0 bridgehead atoms. The van der Waals surface area contributed by atoms with Gasteiger partial charge in [0.1, 0.15) is 5.52 Å². The summed E-state index contributed by atoms with van der Waals surface area (Å²) < 4.78 is 2.10. The highest BCUT2D eigenvalue weighted by Crippen LogP contribution is 2.31. The van der Waals surface area contributed by atoms with Crippen LogP contribution in [-0.4, -0.2) is 31.4 Å². The van der Waals surface area contributed by atoms with E-state index in [1.807, 2.05) is 19.1 Å². The third-order valence-corrected chi connectivity index (χ3v) is 4.65. The van der Waals surface area contributed by atoms with Crippen molar-refractivity contribution in [1.29, 1.82) is 0 Å². The Morgan fingerprint density at radius 2 is 2.25 bits per heavy atom. The number of rotatable bonds is 5. The molecule has 106 valence electrons. The van der Waals surface area contributed by atoms with Crippen molar-refractivity contribution in [3.8, 4) is 0 Å². The van der Waals surface area contributed by atoms with E-state index in [0.717, 1.165) is 28.6 Å². The Balaban J connectivity index is 1.97. The van der Waals surface area contributed by atoms with Gasteiger partial charge in [0.15, 0.2) is 10.8 Å². The molecule has 2 heterocycles. The quantitative estimate of drug-likeness (QED) is 0.858. The molecule has 1 aliphatic carbocycles. The van der Waals surface area contributed by atoms with E-state index in [4.69, 9.17) is 5.11 Å². The minimum absolute atomic E-state index is 0.0347. The van der Waals surface area contributed by atoms with Crippen molar-refractivity contribution in [2.24, 2.45) is 5.92 Å². The van der Waals surface area contributed by atoms with E-state index in [9.17, 15) is 4.79 Å². The Kier molecular flexibility index (Phi) is 3.65. The monoisotopic (exact) mass is 291 g/mol. The predicted molar refractivity (Wildman–Crippen MR) is 78.0 cm³/mol. The first-order chi connectivity index (χ1) is 9.63. The van der Waals surface area contributed by atoms with E-state index in [0.29, 0.717) is 5.92 Å². The molecular formula is C14H17N3O2S. The summed E-state index contributed by atoms with van der Waals surface area (Å²) in [4.78, 5) is 19.9. The molecule has 0 saturated heterocycles. The summed E-state index contributed by atoms with van der Waals surface area (Å²) in [5.74, 6) is -0.104. The number of aliphatic carboxylic acids is 1. The molecule has 1 aliphatic rings. The lowest BCUT2D eigenvalue weighted by molar-refractivity contribution is -0.133. The number of carboxylic acids is 1. The molecule has 1 N–H and O–H groups in total. The molecule has 20 heavy (non-hydrogen) atoms. The summed E-state index contributed by atoms with van der Waals surface area (Å²) in [7, 11) is 0. The predicted octanol–water partition coefficient (Wildman–Crippen LogP) is 2.72. The standard InChI is InChI=1S/C14H17N3O2S/c1-9-5-6-11-13(15-9)17(7-10-3-2-4-10)14(16-11)20-8-12(18)19/h5-6,10H,2-4,7-8H2,1H3,(H,18,19). The van der Waals surface area contributed by atoms with Crippen molar-refractivity contribution >= 4 is 28.9 Å². The van der Waals surface area contributed by atoms with E-state index in [-0.39, 0.29) is 5.75 Å². The molecule has 0 aliphatic heterocycles. The van der Waals surface area contributed by atoms with Gasteiger partial charge in [0.05, 0.1) is 5.75 Å². The smallest absolute Gasteiger partial charge is 0.313 e. The maximum atomic E-state index is 10.8. The number of carbonyl (C=O) groups is 1. The zero-order chi connectivity index (χ0) is 14.1. The van der Waals surface area contributed by atoms with Crippen molar-refractivity contribution in [2.45, 2.75) is 37.9 Å². The van der Waals surface area contributed by atoms with Crippen LogP contribution >= 0.6 is 11.8 Å². The highest BCUT2D eigenvalue weighted by atomic mass is 32.2. The van der Waals surface area contributed by atoms with Crippen LogP contribution in [0.4, 0.5) is 0 Å². The molecular weight excluding hydrogens is 274 g/mol. The van der Waals surface area contributed by atoms with Crippen LogP contribution in [0.15, 0.2) is 17.3 Å². The van der Waals surface area contributed by atoms with Gasteiger partial charge in [0, 0.05) is 12.2 Å². The maximum absolute atomic E-state index is 10.8. The number of fused-ring (bicyclic) bond motifs is 1. The minimum atomic E-state index is -0.818. The highest BCUT2D eigenvalue weighted by Gasteiger charge is 2.22. The first-order valence-corrected chi connectivity index (χ1v) is 7.80. The van der Waals surface area contributed by atoms with E-state index in [1.54, 1.807) is 0 Å². The van der Waals surface area contributed by atoms with Gasteiger partial charge < -0.3 is 9.67 Å². The second-order valence-corrected chi connectivity index (χ2v) is 6.22. The fraction of sp³-hybridized carbons (Fsp3) is 0.500. The SMILES string of the molecule is Cc1ccc2nc(SCC(=O)O)n(CC3CCC3)c2n1. The molecule has 2 aromatic rings. The normalized spacial score (nSPS) is 15.4. The van der Waals surface area contributed by atoms with Crippen LogP contribution in [0.1, 0.15) is 25.0 Å². The molecule has 0 amide bonds. The molecule has 2 aromatic heterocycles. The molecule has 1 saturated carbocycles. The molecule has 0 spiro atoms. The second-order valence-electron chi connectivity index (χ2n) is 5.28. The van der Waals surface area contributed by atoms with Gasteiger partial charge in [-0.15, -0.1) is 0 Å². The minimum Gasteiger partial charge on any atom is -0.481 e. The number of aromatic nitrogens is 3. The summed E-state index contributed by atoms with van der Waals surface area (Å²) in [6.07, 6.45) is 3.78. The Morgan fingerprint density at radius 3 is 2.90 bits per heavy atom. The topological polar surface area (TPSA) is 68.0 Å². The van der Waals surface area contributed by atoms with Crippen LogP contribution in [0.3, 0.4) is 0 Å². The molecule has 1 fully saturated rings. The lowest BCUT2D eigenvalue weighted by Crippen LogP contribution is -2.19. The maximum Gasteiger partial charge on any atom is 0.313 e. The van der Waals surface area contributed by atoms with Gasteiger partial charge in [-0.2, -0.15) is 0 Å². The molecule has 6 heteroatoms. The number of nitrogens with zero attached hydrogens (tertiary/aromatic N) is 3. The van der Waals surface area contributed by atoms with Crippen LogP contribution in [0.25, 0.3) is 11.2 Å². The van der Waals surface area contributed by atoms with E-state index < -0.39 is 5.97 Å². The molecule has 3 rings (SSSR count). The number of imidazole rings is 1. The average molecular weight is 291 g/mol. The van der Waals surface area contributed by atoms with Crippen LogP contribution in [0, 0.1) is 12.8 Å². The van der Waals surface area contributed by atoms with Crippen molar-refractivity contribution in [3.63, 3.8) is 0 Å². The number of pyridine rings is 1. The largest absolute Gasteiger partial charge is 0.481 e. The van der Waals surface area contributed by atoms with Gasteiger partial charge in [0.2, 0.25) is 0 Å². The van der Waals surface area contributed by atoms with Gasteiger partial charge >= 0.3 is 5.97 Å². The highest BCUT2D eigenvalue weighted by molar-refractivity contribution is 7.99. The van der Waals surface area contributed by atoms with Crippen LogP contribution in [0.2, 0.25) is 0 Å². The van der Waals surface area contributed by atoms with E-state index in [1.165, 1.54) is 31.0 Å². The lowest BCUT2D eigenvalue weighted by atomic mass is 9.85. The number of thioether (sulfide) groups is 1. The zero-order valence-corrected chi connectivity index (χ0v) is 12.2. The number of aryl methyl sites for hydroxylation is 1. The third kappa shape index (κ3) is 2.65. The summed E-state index contributed by atoms with van der Waals surface area (Å²) in [6.45, 7) is 2.86. The van der Waals surface area contributed by atoms with Crippen molar-refractivity contribution < 1.29 is 9.90 Å². The zero-order valence-electron chi connectivity index (χ0n) is 11.4. The second kappa shape index (κ2) is 5.44. The van der Waals surface area contributed by atoms with Crippen LogP contribution in [0.5, 0.6) is 0 Å². The van der Waals surface area contributed by atoms with E-state index in [2.05, 4.69) is 14.5 Å². The van der Waals surface area contributed by atoms with Gasteiger partial charge in [0.25, 0.3) is 0 Å². The third-order valence-electron chi connectivity index (χ3n) is 3.69. The van der Waals surface area contributed by atoms with Gasteiger partial charge in [-0.25, -0.2) is 9.97 Å². The fourth-order valence-electron chi connectivity index (χ4n) is 2.41. The molecule has 0 unspecified atom stereocenters. The summed E-state index contributed by atoms with van der Waals surface area (Å²) in [5.41, 5.74) is 2.69. The molecule has 0 aromatic carbocycles. The Morgan fingerprint density at radius 1 is 1.45 bits per heavy atom. The Hall–Kier alpha value is -1.56.